The lowest BCUT2D eigenvalue weighted by Crippen LogP contribution is -2.27. The number of furan rings is 1. The molecule has 0 aliphatic carbocycles. The summed E-state index contributed by atoms with van der Waals surface area (Å²) in [6, 6.07) is 12.0. The maximum Gasteiger partial charge on any atom is 0.227 e. The Labute approximate surface area is 154 Å². The van der Waals surface area contributed by atoms with Gasteiger partial charge in [-0.3, -0.25) is 4.79 Å². The Bertz CT molecular complexity index is 926. The second-order valence-corrected chi connectivity index (χ2v) is 6.66. The maximum absolute atomic E-state index is 12.7. The van der Waals surface area contributed by atoms with E-state index in [4.69, 9.17) is 9.15 Å². The van der Waals surface area contributed by atoms with Crippen molar-refractivity contribution in [3.05, 3.63) is 64.9 Å². The number of fused-ring (bicyclic) bond motifs is 1. The molecule has 0 radical (unpaired) electrons. The smallest absolute Gasteiger partial charge is 0.227 e. The van der Waals surface area contributed by atoms with Gasteiger partial charge in [-0.15, -0.1) is 0 Å². The molecule has 0 saturated heterocycles. The summed E-state index contributed by atoms with van der Waals surface area (Å²) in [6.07, 6.45) is 2.02. The zero-order valence-electron chi connectivity index (χ0n) is 15.8. The summed E-state index contributed by atoms with van der Waals surface area (Å²) in [6.45, 7) is 7.21. The molecule has 0 aliphatic heterocycles. The van der Waals surface area contributed by atoms with Crippen LogP contribution >= 0.6 is 0 Å². The van der Waals surface area contributed by atoms with E-state index in [0.29, 0.717) is 19.6 Å². The van der Waals surface area contributed by atoms with Crippen molar-refractivity contribution in [2.45, 2.75) is 33.7 Å². The highest BCUT2D eigenvalue weighted by Crippen LogP contribution is 2.26. The molecule has 3 aromatic rings. The van der Waals surface area contributed by atoms with E-state index >= 15 is 0 Å². The summed E-state index contributed by atoms with van der Waals surface area (Å²) in [7, 11) is 1.82. The highest BCUT2D eigenvalue weighted by Gasteiger charge is 2.16. The van der Waals surface area contributed by atoms with Crippen LogP contribution in [-0.2, 0) is 17.8 Å². The summed E-state index contributed by atoms with van der Waals surface area (Å²) in [5.74, 6) is 0.881. The molecule has 0 unspecified atom stereocenters. The van der Waals surface area contributed by atoms with Crippen LogP contribution in [0.1, 0.15) is 29.2 Å². The normalized spacial score (nSPS) is 10.9. The van der Waals surface area contributed by atoms with E-state index < -0.39 is 0 Å². The van der Waals surface area contributed by atoms with E-state index in [9.17, 15) is 4.79 Å². The number of ether oxygens (including phenoxy) is 1. The number of hydrogen-bond donors (Lipinski definition) is 0. The standard InChI is InChI=1S/C22H25NO3/c1-5-25-20-9-7-6-8-17(20)13-23(4)22(24)12-18-14-26-21-11-16(3)15(2)10-19(18)21/h6-11,14H,5,12-13H2,1-4H3. The molecule has 0 atom stereocenters. The van der Waals surface area contributed by atoms with Crippen LogP contribution in [0.5, 0.6) is 5.75 Å². The van der Waals surface area contributed by atoms with Gasteiger partial charge in [0.2, 0.25) is 5.91 Å². The van der Waals surface area contributed by atoms with Gasteiger partial charge >= 0.3 is 0 Å². The second kappa shape index (κ2) is 7.65. The topological polar surface area (TPSA) is 42.7 Å². The fourth-order valence-electron chi connectivity index (χ4n) is 3.05. The van der Waals surface area contributed by atoms with E-state index in [-0.39, 0.29) is 5.91 Å². The van der Waals surface area contributed by atoms with Gasteiger partial charge in [-0.05, 0) is 50.1 Å². The third-order valence-corrected chi connectivity index (χ3v) is 4.72. The highest BCUT2D eigenvalue weighted by atomic mass is 16.5. The molecule has 1 aromatic heterocycles. The summed E-state index contributed by atoms with van der Waals surface area (Å²) in [4.78, 5) is 14.5. The first-order valence-electron chi connectivity index (χ1n) is 8.91. The SMILES string of the molecule is CCOc1ccccc1CN(C)C(=O)Cc1coc2cc(C)c(C)cc12. The summed E-state index contributed by atoms with van der Waals surface area (Å²) in [5, 5.41) is 1.02. The van der Waals surface area contributed by atoms with Gasteiger partial charge in [-0.1, -0.05) is 18.2 Å². The largest absolute Gasteiger partial charge is 0.494 e. The Morgan fingerprint density at radius 3 is 2.62 bits per heavy atom. The van der Waals surface area contributed by atoms with Gasteiger partial charge in [0.15, 0.2) is 0 Å². The van der Waals surface area contributed by atoms with Crippen LogP contribution in [-0.4, -0.2) is 24.5 Å². The molecule has 4 nitrogen and oxygen atoms in total. The first kappa shape index (κ1) is 18.1. The number of likely N-dealkylation sites (N-methyl/N-ethyl adjacent to an activating group) is 1. The van der Waals surface area contributed by atoms with Crippen molar-refractivity contribution >= 4 is 16.9 Å². The monoisotopic (exact) mass is 351 g/mol. The summed E-state index contributed by atoms with van der Waals surface area (Å²) >= 11 is 0. The molecule has 0 aliphatic rings. The Morgan fingerprint density at radius 2 is 1.85 bits per heavy atom. The number of carbonyl (C=O) groups is 1. The Morgan fingerprint density at radius 1 is 1.12 bits per heavy atom. The van der Waals surface area contributed by atoms with E-state index in [1.54, 1.807) is 11.2 Å². The van der Waals surface area contributed by atoms with Crippen molar-refractivity contribution in [1.82, 2.24) is 4.90 Å². The quantitative estimate of drug-likeness (QED) is 0.649. The zero-order valence-corrected chi connectivity index (χ0v) is 15.8. The number of carbonyl (C=O) groups excluding carboxylic acids is 1. The number of rotatable bonds is 6. The number of amides is 1. The van der Waals surface area contributed by atoms with Crippen molar-refractivity contribution in [3.63, 3.8) is 0 Å². The third-order valence-electron chi connectivity index (χ3n) is 4.72. The van der Waals surface area contributed by atoms with Gasteiger partial charge in [0.05, 0.1) is 19.3 Å². The van der Waals surface area contributed by atoms with Crippen molar-refractivity contribution < 1.29 is 13.9 Å². The Kier molecular flexibility index (Phi) is 5.31. The molecule has 2 aromatic carbocycles. The first-order valence-corrected chi connectivity index (χ1v) is 8.91. The predicted molar refractivity (Wildman–Crippen MR) is 103 cm³/mol. The average Bonchev–Trinajstić information content (AvgIpc) is 2.99. The number of aryl methyl sites for hydroxylation is 2. The third kappa shape index (κ3) is 3.74. The van der Waals surface area contributed by atoms with E-state index in [1.165, 1.54) is 11.1 Å². The van der Waals surface area contributed by atoms with Crippen molar-refractivity contribution in [1.29, 1.82) is 0 Å². The molecule has 26 heavy (non-hydrogen) atoms. The number of hydrogen-bond acceptors (Lipinski definition) is 3. The molecular formula is C22H25NO3. The van der Waals surface area contributed by atoms with Gasteiger partial charge in [0, 0.05) is 30.1 Å². The van der Waals surface area contributed by atoms with E-state index in [0.717, 1.165) is 27.8 Å². The zero-order chi connectivity index (χ0) is 18.7. The molecule has 0 bridgehead atoms. The van der Waals surface area contributed by atoms with E-state index in [2.05, 4.69) is 19.9 Å². The van der Waals surface area contributed by atoms with Crippen LogP contribution in [0.2, 0.25) is 0 Å². The minimum Gasteiger partial charge on any atom is -0.494 e. The molecule has 1 heterocycles. The van der Waals surface area contributed by atoms with Crippen molar-refractivity contribution in [2.24, 2.45) is 0 Å². The molecular weight excluding hydrogens is 326 g/mol. The Balaban J connectivity index is 1.75. The van der Waals surface area contributed by atoms with Crippen molar-refractivity contribution in [3.8, 4) is 5.75 Å². The molecule has 0 N–H and O–H groups in total. The Hall–Kier alpha value is -2.75. The van der Waals surface area contributed by atoms with Gasteiger partial charge in [0.1, 0.15) is 11.3 Å². The van der Waals surface area contributed by atoms with Crippen LogP contribution in [0.15, 0.2) is 47.1 Å². The number of benzene rings is 2. The molecule has 3 rings (SSSR count). The summed E-state index contributed by atoms with van der Waals surface area (Å²) in [5.41, 5.74) is 5.16. The lowest BCUT2D eigenvalue weighted by molar-refractivity contribution is -0.129. The maximum atomic E-state index is 12.7. The first-order chi connectivity index (χ1) is 12.5. The molecule has 136 valence electrons. The molecule has 4 heteroatoms. The van der Waals surface area contributed by atoms with Crippen LogP contribution in [0.4, 0.5) is 0 Å². The molecule has 0 fully saturated rings. The minimum absolute atomic E-state index is 0.0530. The number of nitrogens with zero attached hydrogens (tertiary/aromatic N) is 1. The highest BCUT2D eigenvalue weighted by molar-refractivity contribution is 5.88. The lowest BCUT2D eigenvalue weighted by Gasteiger charge is -2.19. The second-order valence-electron chi connectivity index (χ2n) is 6.66. The van der Waals surface area contributed by atoms with Gasteiger partial charge in [0.25, 0.3) is 0 Å². The van der Waals surface area contributed by atoms with Crippen LogP contribution in [0.25, 0.3) is 11.0 Å². The molecule has 1 amide bonds. The van der Waals surface area contributed by atoms with E-state index in [1.807, 2.05) is 44.3 Å². The van der Waals surface area contributed by atoms with Gasteiger partial charge in [-0.2, -0.15) is 0 Å². The fraction of sp³-hybridized carbons (Fsp3) is 0.318. The van der Waals surface area contributed by atoms with Crippen molar-refractivity contribution in [2.75, 3.05) is 13.7 Å². The van der Waals surface area contributed by atoms with Gasteiger partial charge in [-0.25, -0.2) is 0 Å². The fourth-order valence-corrected chi connectivity index (χ4v) is 3.05. The molecule has 0 spiro atoms. The average molecular weight is 351 g/mol. The molecule has 0 saturated carbocycles. The van der Waals surface area contributed by atoms with Gasteiger partial charge < -0.3 is 14.1 Å². The van der Waals surface area contributed by atoms with Crippen LogP contribution < -0.4 is 4.74 Å². The minimum atomic E-state index is 0.0530. The predicted octanol–water partition coefficient (Wildman–Crippen LogP) is 4.65. The van der Waals surface area contributed by atoms with Crippen LogP contribution in [0.3, 0.4) is 0 Å². The summed E-state index contributed by atoms with van der Waals surface area (Å²) < 4.78 is 11.3. The number of para-hydroxylation sites is 1. The lowest BCUT2D eigenvalue weighted by atomic mass is 10.0. The van der Waals surface area contributed by atoms with Crippen LogP contribution in [0, 0.1) is 13.8 Å².